The maximum absolute atomic E-state index is 11.7. The van der Waals surface area contributed by atoms with Crippen molar-refractivity contribution in [2.24, 2.45) is 5.92 Å². The summed E-state index contributed by atoms with van der Waals surface area (Å²) in [5.74, 6) is 0.111. The Labute approximate surface area is 121 Å². The maximum atomic E-state index is 11.7. The second-order valence-electron chi connectivity index (χ2n) is 5.58. The van der Waals surface area contributed by atoms with Crippen LogP contribution in [-0.2, 0) is 9.53 Å². The van der Waals surface area contributed by atoms with E-state index in [0.29, 0.717) is 0 Å². The van der Waals surface area contributed by atoms with Crippen LogP contribution in [0.5, 0.6) is 0 Å². The van der Waals surface area contributed by atoms with Crippen LogP contribution in [0, 0.1) is 5.92 Å². The van der Waals surface area contributed by atoms with E-state index >= 15 is 0 Å². The van der Waals surface area contributed by atoms with Crippen LogP contribution in [0.4, 0.5) is 5.69 Å². The molecule has 1 aromatic rings. The van der Waals surface area contributed by atoms with Crippen molar-refractivity contribution >= 4 is 11.6 Å². The van der Waals surface area contributed by atoms with Crippen LogP contribution in [0.15, 0.2) is 24.3 Å². The Morgan fingerprint density at radius 2 is 1.75 bits per heavy atom. The SMILES string of the molecule is CC(C)C(=O)NC(C)c1ccc(N2CCOCC2)cc1. The number of ether oxygens (including phenoxy) is 1. The van der Waals surface area contributed by atoms with E-state index in [1.54, 1.807) is 0 Å². The molecule has 1 fully saturated rings. The highest BCUT2D eigenvalue weighted by atomic mass is 16.5. The molecule has 1 unspecified atom stereocenters. The first kappa shape index (κ1) is 14.9. The summed E-state index contributed by atoms with van der Waals surface area (Å²) in [5, 5.41) is 3.02. The lowest BCUT2D eigenvalue weighted by Gasteiger charge is -2.29. The van der Waals surface area contributed by atoms with E-state index in [2.05, 4.69) is 34.5 Å². The third-order valence-electron chi connectivity index (χ3n) is 3.65. The van der Waals surface area contributed by atoms with E-state index in [9.17, 15) is 4.79 Å². The number of nitrogens with zero attached hydrogens (tertiary/aromatic N) is 1. The first-order valence-electron chi connectivity index (χ1n) is 7.31. The summed E-state index contributed by atoms with van der Waals surface area (Å²) in [6.07, 6.45) is 0. The van der Waals surface area contributed by atoms with E-state index < -0.39 is 0 Å². The minimum Gasteiger partial charge on any atom is -0.378 e. The van der Waals surface area contributed by atoms with Gasteiger partial charge in [0.1, 0.15) is 0 Å². The topological polar surface area (TPSA) is 41.6 Å². The fourth-order valence-corrected chi connectivity index (χ4v) is 2.26. The molecule has 1 saturated heterocycles. The molecule has 4 nitrogen and oxygen atoms in total. The lowest BCUT2D eigenvalue weighted by molar-refractivity contribution is -0.124. The monoisotopic (exact) mass is 276 g/mol. The second kappa shape index (κ2) is 6.75. The number of hydrogen-bond acceptors (Lipinski definition) is 3. The highest BCUT2D eigenvalue weighted by molar-refractivity contribution is 5.78. The van der Waals surface area contributed by atoms with Gasteiger partial charge in [-0.2, -0.15) is 0 Å². The van der Waals surface area contributed by atoms with Crippen molar-refractivity contribution in [3.05, 3.63) is 29.8 Å². The van der Waals surface area contributed by atoms with Gasteiger partial charge in [0.15, 0.2) is 0 Å². The van der Waals surface area contributed by atoms with Crippen molar-refractivity contribution in [3.63, 3.8) is 0 Å². The quantitative estimate of drug-likeness (QED) is 0.918. The molecule has 0 bridgehead atoms. The van der Waals surface area contributed by atoms with Crippen molar-refractivity contribution in [3.8, 4) is 0 Å². The van der Waals surface area contributed by atoms with Gasteiger partial charge in [-0.1, -0.05) is 26.0 Å². The van der Waals surface area contributed by atoms with Crippen molar-refractivity contribution in [2.75, 3.05) is 31.2 Å². The van der Waals surface area contributed by atoms with Crippen LogP contribution in [-0.4, -0.2) is 32.2 Å². The highest BCUT2D eigenvalue weighted by Crippen LogP contribution is 2.20. The van der Waals surface area contributed by atoms with Crippen LogP contribution in [0.3, 0.4) is 0 Å². The van der Waals surface area contributed by atoms with Crippen LogP contribution in [0.25, 0.3) is 0 Å². The van der Waals surface area contributed by atoms with Crippen LogP contribution in [0.2, 0.25) is 0 Å². The Morgan fingerprint density at radius 3 is 2.30 bits per heavy atom. The minimum absolute atomic E-state index is 0.0186. The molecule has 0 radical (unpaired) electrons. The first-order valence-corrected chi connectivity index (χ1v) is 7.31. The van der Waals surface area contributed by atoms with Gasteiger partial charge in [-0.25, -0.2) is 0 Å². The maximum Gasteiger partial charge on any atom is 0.223 e. The molecule has 110 valence electrons. The van der Waals surface area contributed by atoms with Gasteiger partial charge in [0.25, 0.3) is 0 Å². The summed E-state index contributed by atoms with van der Waals surface area (Å²) < 4.78 is 5.36. The highest BCUT2D eigenvalue weighted by Gasteiger charge is 2.14. The smallest absolute Gasteiger partial charge is 0.223 e. The van der Waals surface area contributed by atoms with E-state index in [4.69, 9.17) is 4.74 Å². The molecule has 0 saturated carbocycles. The zero-order valence-corrected chi connectivity index (χ0v) is 12.6. The molecule has 1 atom stereocenters. The summed E-state index contributed by atoms with van der Waals surface area (Å²) >= 11 is 0. The summed E-state index contributed by atoms with van der Waals surface area (Å²) in [6.45, 7) is 9.31. The number of rotatable bonds is 4. The minimum atomic E-state index is 0.0186. The number of carbonyl (C=O) groups excluding carboxylic acids is 1. The molecule has 1 aromatic carbocycles. The van der Waals surface area contributed by atoms with E-state index in [0.717, 1.165) is 31.9 Å². The summed E-state index contributed by atoms with van der Waals surface area (Å²) in [6, 6.07) is 8.48. The molecule has 0 spiro atoms. The molecule has 4 heteroatoms. The van der Waals surface area contributed by atoms with Gasteiger partial charge in [0.2, 0.25) is 5.91 Å². The lowest BCUT2D eigenvalue weighted by Crippen LogP contribution is -2.36. The Kier molecular flexibility index (Phi) is 5.01. The van der Waals surface area contributed by atoms with Crippen LogP contribution < -0.4 is 10.2 Å². The zero-order valence-electron chi connectivity index (χ0n) is 12.6. The molecule has 20 heavy (non-hydrogen) atoms. The fourth-order valence-electron chi connectivity index (χ4n) is 2.26. The number of nitrogens with one attached hydrogen (secondary N) is 1. The van der Waals surface area contributed by atoms with Gasteiger partial charge in [0.05, 0.1) is 19.3 Å². The molecule has 1 aliphatic heterocycles. The molecule has 0 aromatic heterocycles. The number of benzene rings is 1. The van der Waals surface area contributed by atoms with Gasteiger partial charge in [-0.05, 0) is 24.6 Å². The molecule has 1 aliphatic rings. The van der Waals surface area contributed by atoms with Gasteiger partial charge in [-0.15, -0.1) is 0 Å². The average molecular weight is 276 g/mol. The molecule has 1 amide bonds. The Morgan fingerprint density at radius 1 is 1.15 bits per heavy atom. The molecule has 1 N–H and O–H groups in total. The van der Waals surface area contributed by atoms with E-state index in [1.165, 1.54) is 5.69 Å². The molecular formula is C16H24N2O2. The summed E-state index contributed by atoms with van der Waals surface area (Å²) in [7, 11) is 0. The third-order valence-corrected chi connectivity index (χ3v) is 3.65. The van der Waals surface area contributed by atoms with Crippen LogP contribution in [0.1, 0.15) is 32.4 Å². The van der Waals surface area contributed by atoms with Crippen molar-refractivity contribution in [1.29, 1.82) is 0 Å². The van der Waals surface area contributed by atoms with Crippen molar-refractivity contribution in [1.82, 2.24) is 5.32 Å². The summed E-state index contributed by atoms with van der Waals surface area (Å²) in [5.41, 5.74) is 2.36. The average Bonchev–Trinajstić information content (AvgIpc) is 2.48. The predicted octanol–water partition coefficient (Wildman–Crippen LogP) is 2.36. The summed E-state index contributed by atoms with van der Waals surface area (Å²) in [4.78, 5) is 14.0. The molecule has 2 rings (SSSR count). The molecule has 0 aliphatic carbocycles. The Bertz CT molecular complexity index is 436. The van der Waals surface area contributed by atoms with Gasteiger partial charge < -0.3 is 15.0 Å². The van der Waals surface area contributed by atoms with Crippen LogP contribution >= 0.6 is 0 Å². The lowest BCUT2D eigenvalue weighted by atomic mass is 10.1. The predicted molar refractivity (Wildman–Crippen MR) is 80.9 cm³/mol. The number of hydrogen-bond donors (Lipinski definition) is 1. The Balaban J connectivity index is 1.98. The molecular weight excluding hydrogens is 252 g/mol. The third kappa shape index (κ3) is 3.73. The Hall–Kier alpha value is -1.55. The largest absolute Gasteiger partial charge is 0.378 e. The van der Waals surface area contributed by atoms with E-state index in [1.807, 2.05) is 20.8 Å². The van der Waals surface area contributed by atoms with Gasteiger partial charge in [-0.3, -0.25) is 4.79 Å². The van der Waals surface area contributed by atoms with E-state index in [-0.39, 0.29) is 17.9 Å². The number of morpholine rings is 1. The fraction of sp³-hybridized carbons (Fsp3) is 0.562. The standard InChI is InChI=1S/C16H24N2O2/c1-12(2)16(19)17-13(3)14-4-6-15(7-5-14)18-8-10-20-11-9-18/h4-7,12-13H,8-11H2,1-3H3,(H,17,19). The number of amides is 1. The second-order valence-corrected chi connectivity index (χ2v) is 5.58. The normalized spacial score (nSPS) is 17.1. The molecule has 1 heterocycles. The van der Waals surface area contributed by atoms with Crippen molar-refractivity contribution in [2.45, 2.75) is 26.8 Å². The van der Waals surface area contributed by atoms with Crippen molar-refractivity contribution < 1.29 is 9.53 Å². The van der Waals surface area contributed by atoms with Gasteiger partial charge in [0, 0.05) is 24.7 Å². The zero-order chi connectivity index (χ0) is 14.5. The first-order chi connectivity index (χ1) is 9.58. The number of carbonyl (C=O) groups is 1. The number of anilines is 1. The van der Waals surface area contributed by atoms with Gasteiger partial charge >= 0.3 is 0 Å².